The molecule has 0 saturated heterocycles. The van der Waals surface area contributed by atoms with Crippen LogP contribution in [0.15, 0.2) is 34.2 Å². The van der Waals surface area contributed by atoms with Crippen molar-refractivity contribution in [2.75, 3.05) is 25.5 Å². The number of carbonyl (C=O) groups excluding carboxylic acids is 1. The minimum absolute atomic E-state index is 0.0129. The Kier molecular flexibility index (Phi) is 4.88. The van der Waals surface area contributed by atoms with Gasteiger partial charge in [-0.3, -0.25) is 9.79 Å². The van der Waals surface area contributed by atoms with Crippen LogP contribution in [0.25, 0.3) is 0 Å². The highest BCUT2D eigenvalue weighted by Gasteiger charge is 2.65. The van der Waals surface area contributed by atoms with Crippen LogP contribution in [-0.2, 0) is 4.79 Å². The van der Waals surface area contributed by atoms with Crippen molar-refractivity contribution in [1.29, 1.82) is 0 Å². The van der Waals surface area contributed by atoms with Crippen molar-refractivity contribution in [2.45, 2.75) is 11.3 Å². The molecule has 10 heteroatoms. The van der Waals surface area contributed by atoms with Crippen LogP contribution in [0.5, 0.6) is 0 Å². The Morgan fingerprint density at radius 2 is 1.77 bits per heavy atom. The number of amides is 1. The average Bonchev–Trinajstić information content (AvgIpc) is 2.36. The number of aliphatic imine (C=N–C) groups is 1. The summed E-state index contributed by atoms with van der Waals surface area (Å²) in [4.78, 5) is 13.3. The van der Waals surface area contributed by atoms with Crippen molar-refractivity contribution in [3.63, 3.8) is 0 Å². The molecule has 0 heterocycles. The molecule has 1 amide bonds. The van der Waals surface area contributed by atoms with Gasteiger partial charge in [0.2, 0.25) is 5.91 Å². The maximum absolute atomic E-state index is 12.5. The molecule has 22 heavy (non-hydrogen) atoms. The monoisotopic (exact) mass is 345 g/mol. The molecule has 0 aromatic heterocycles. The zero-order chi connectivity index (χ0) is 16.9. The van der Waals surface area contributed by atoms with Crippen molar-refractivity contribution in [3.05, 3.63) is 24.3 Å². The molecule has 2 N–H and O–H groups in total. The third-order valence-corrected chi connectivity index (χ3v) is 3.63. The van der Waals surface area contributed by atoms with Crippen LogP contribution < -0.4 is 10.6 Å². The Morgan fingerprint density at radius 1 is 1.18 bits per heavy atom. The van der Waals surface area contributed by atoms with Crippen molar-refractivity contribution in [2.24, 2.45) is 4.99 Å². The summed E-state index contributed by atoms with van der Waals surface area (Å²) in [6.07, 6.45) is 2.16. The number of carbonyl (C=O) groups is 1. The van der Waals surface area contributed by atoms with Crippen LogP contribution >= 0.6 is 10.2 Å². The summed E-state index contributed by atoms with van der Waals surface area (Å²) < 4.78 is 62.5. The molecule has 4 nitrogen and oxygen atoms in total. The van der Waals surface area contributed by atoms with Crippen molar-refractivity contribution >= 4 is 28.0 Å². The standard InChI is InChI=1S/C12H16F5N3OS/c1-18-7-2-8-19-9-12(21)20-10-3-5-11(6-4-10)22(13,14,15,16)17/h3-6,8,18H,2,7,9H2,1H3,(H,20,21). The number of halogens is 5. The molecule has 0 spiro atoms. The molecular weight excluding hydrogens is 329 g/mol. The maximum Gasteiger partial charge on any atom is 0.310 e. The number of benzene rings is 1. The van der Waals surface area contributed by atoms with Crippen molar-refractivity contribution in [1.82, 2.24) is 5.32 Å². The molecule has 0 aliphatic heterocycles. The minimum Gasteiger partial charge on any atom is -0.324 e. The maximum atomic E-state index is 12.5. The van der Waals surface area contributed by atoms with Gasteiger partial charge in [-0.25, -0.2) is 0 Å². The van der Waals surface area contributed by atoms with Crippen LogP contribution in [0, 0.1) is 0 Å². The molecule has 0 aliphatic rings. The minimum atomic E-state index is -9.68. The predicted molar refractivity (Wildman–Crippen MR) is 78.4 cm³/mol. The molecule has 0 bridgehead atoms. The van der Waals surface area contributed by atoms with Gasteiger partial charge in [0.1, 0.15) is 11.4 Å². The first-order valence-corrected chi connectivity index (χ1v) is 8.14. The normalized spacial score (nSPS) is 15.4. The summed E-state index contributed by atoms with van der Waals surface area (Å²) in [6, 6.07) is 2.03. The van der Waals surface area contributed by atoms with E-state index in [-0.39, 0.29) is 24.4 Å². The lowest BCUT2D eigenvalue weighted by molar-refractivity contribution is -0.114. The van der Waals surface area contributed by atoms with Crippen LogP contribution in [0.1, 0.15) is 6.42 Å². The van der Waals surface area contributed by atoms with E-state index in [1.54, 1.807) is 7.05 Å². The van der Waals surface area contributed by atoms with Gasteiger partial charge in [-0.15, -0.1) is 0 Å². The second-order valence-electron chi connectivity index (χ2n) is 4.46. The second-order valence-corrected chi connectivity index (χ2v) is 6.87. The fraction of sp³-hybridized carbons (Fsp3) is 0.333. The summed E-state index contributed by atoms with van der Waals surface area (Å²) in [6.45, 7) is 0.494. The van der Waals surface area contributed by atoms with Crippen molar-refractivity contribution in [3.8, 4) is 0 Å². The first-order valence-electron chi connectivity index (χ1n) is 6.19. The fourth-order valence-corrected chi connectivity index (χ4v) is 2.09. The van der Waals surface area contributed by atoms with E-state index >= 15 is 0 Å². The van der Waals surface area contributed by atoms with E-state index in [0.29, 0.717) is 13.0 Å². The molecule has 1 aromatic rings. The fourth-order valence-electron chi connectivity index (χ4n) is 1.44. The highest BCUT2D eigenvalue weighted by atomic mass is 32.5. The number of hydrogen-bond acceptors (Lipinski definition) is 3. The summed E-state index contributed by atoms with van der Waals surface area (Å²) in [5, 5.41) is 5.15. The molecule has 0 aliphatic carbocycles. The smallest absolute Gasteiger partial charge is 0.310 e. The highest BCUT2D eigenvalue weighted by molar-refractivity contribution is 8.45. The zero-order valence-electron chi connectivity index (χ0n) is 11.7. The lowest BCUT2D eigenvalue weighted by Crippen LogP contribution is -2.15. The SMILES string of the molecule is CNCCC=NCC(=O)Nc1ccc(S(F)(F)(F)(F)F)cc1. The quantitative estimate of drug-likeness (QED) is 0.446. The summed E-state index contributed by atoms with van der Waals surface area (Å²) in [5.74, 6) is -0.555. The molecule has 126 valence electrons. The second kappa shape index (κ2) is 5.84. The molecule has 0 atom stereocenters. The highest BCUT2D eigenvalue weighted by Crippen LogP contribution is 3.02. The number of rotatable bonds is 7. The van der Waals surface area contributed by atoms with Crippen molar-refractivity contribution < 1.29 is 24.2 Å². The van der Waals surface area contributed by atoms with E-state index < -0.39 is 21.0 Å². The van der Waals surface area contributed by atoms with Gasteiger partial charge < -0.3 is 10.6 Å². The number of hydrogen-bond donors (Lipinski definition) is 2. The molecular formula is C12H16F5N3OS. The number of nitrogens with zero attached hydrogens (tertiary/aromatic N) is 1. The lowest BCUT2D eigenvalue weighted by Gasteiger charge is -2.40. The average molecular weight is 345 g/mol. The predicted octanol–water partition coefficient (Wildman–Crippen LogP) is 3.96. The van der Waals surface area contributed by atoms with Crippen LogP contribution in [0.3, 0.4) is 0 Å². The van der Waals surface area contributed by atoms with Gasteiger partial charge in [-0.05, 0) is 44.3 Å². The first kappa shape index (κ1) is 18.4. The number of anilines is 1. The van der Waals surface area contributed by atoms with E-state index in [9.17, 15) is 24.2 Å². The van der Waals surface area contributed by atoms with E-state index in [4.69, 9.17) is 0 Å². The summed E-state index contributed by atoms with van der Waals surface area (Å²) in [5.41, 5.74) is -0.0129. The third-order valence-electron chi connectivity index (χ3n) is 2.47. The first-order chi connectivity index (χ1) is 9.92. The molecule has 0 unspecified atom stereocenters. The Morgan fingerprint density at radius 3 is 2.27 bits per heavy atom. The number of nitrogens with one attached hydrogen (secondary N) is 2. The van der Waals surface area contributed by atoms with Crippen LogP contribution in [0.4, 0.5) is 25.1 Å². The lowest BCUT2D eigenvalue weighted by atomic mass is 10.3. The van der Waals surface area contributed by atoms with E-state index in [2.05, 4.69) is 15.6 Å². The molecule has 0 fully saturated rings. The third kappa shape index (κ3) is 6.39. The Balaban J connectivity index is 2.62. The van der Waals surface area contributed by atoms with E-state index in [0.717, 1.165) is 12.1 Å². The van der Waals surface area contributed by atoms with Gasteiger partial charge in [0.05, 0.1) is 0 Å². The Labute approximate surface area is 124 Å². The summed E-state index contributed by atoms with van der Waals surface area (Å²) >= 11 is 0. The Hall–Kier alpha value is -1.68. The topological polar surface area (TPSA) is 53.5 Å². The van der Waals surface area contributed by atoms with Crippen LogP contribution in [0.2, 0.25) is 0 Å². The molecule has 0 saturated carbocycles. The van der Waals surface area contributed by atoms with E-state index in [1.165, 1.54) is 6.21 Å². The molecule has 1 rings (SSSR count). The van der Waals surface area contributed by atoms with Gasteiger partial charge in [0, 0.05) is 11.9 Å². The van der Waals surface area contributed by atoms with Gasteiger partial charge in [-0.2, -0.15) is 0 Å². The van der Waals surface area contributed by atoms with Gasteiger partial charge in [0.25, 0.3) is 0 Å². The van der Waals surface area contributed by atoms with Gasteiger partial charge >= 0.3 is 10.2 Å². The van der Waals surface area contributed by atoms with Gasteiger partial charge in [-0.1, -0.05) is 19.4 Å². The largest absolute Gasteiger partial charge is 0.324 e. The van der Waals surface area contributed by atoms with Gasteiger partial charge in [0.15, 0.2) is 0 Å². The molecule has 0 radical (unpaired) electrons. The van der Waals surface area contributed by atoms with Crippen LogP contribution in [-0.4, -0.2) is 32.3 Å². The Bertz CT molecular complexity index is 556. The molecule has 1 aromatic carbocycles. The zero-order valence-corrected chi connectivity index (χ0v) is 12.5. The van der Waals surface area contributed by atoms with E-state index in [1.807, 2.05) is 0 Å². The summed E-state index contributed by atoms with van der Waals surface area (Å²) in [7, 11) is -7.92.